The van der Waals surface area contributed by atoms with Crippen LogP contribution in [0, 0.1) is 5.82 Å². The molecule has 0 saturated carbocycles. The van der Waals surface area contributed by atoms with E-state index in [0.29, 0.717) is 36.4 Å². The minimum absolute atomic E-state index is 0.0287. The third kappa shape index (κ3) is 4.76. The molecule has 0 bridgehead atoms. The predicted octanol–water partition coefficient (Wildman–Crippen LogP) is 4.10. The average Bonchev–Trinajstić information content (AvgIpc) is 3.45. The molecule has 1 fully saturated rings. The van der Waals surface area contributed by atoms with Crippen molar-refractivity contribution >= 4 is 17.4 Å². The number of ketones is 1. The van der Waals surface area contributed by atoms with Crippen LogP contribution >= 0.6 is 0 Å². The molecular formula is C26H24FN3O4. The first-order valence-corrected chi connectivity index (χ1v) is 10.8. The highest BCUT2D eigenvalue weighted by Crippen LogP contribution is 2.39. The Morgan fingerprint density at radius 1 is 1.12 bits per heavy atom. The number of imidazole rings is 1. The molecule has 0 spiro atoms. The molecule has 1 N–H and O–H groups in total. The molecule has 174 valence electrons. The number of likely N-dealkylation sites (tertiary alicyclic amines) is 1. The first kappa shape index (κ1) is 23.0. The number of rotatable bonds is 9. The zero-order valence-corrected chi connectivity index (χ0v) is 18.4. The van der Waals surface area contributed by atoms with Gasteiger partial charge in [-0.1, -0.05) is 24.8 Å². The van der Waals surface area contributed by atoms with Crippen LogP contribution in [0.5, 0.6) is 5.75 Å². The van der Waals surface area contributed by atoms with Gasteiger partial charge in [-0.25, -0.2) is 9.37 Å². The molecule has 7 nitrogen and oxygen atoms in total. The lowest BCUT2D eigenvalue weighted by atomic mass is 9.95. The first-order chi connectivity index (χ1) is 16.5. The minimum Gasteiger partial charge on any atom is -0.507 e. The highest BCUT2D eigenvalue weighted by Gasteiger charge is 2.45. The number of aromatic nitrogens is 2. The van der Waals surface area contributed by atoms with Gasteiger partial charge in [0, 0.05) is 31.0 Å². The second-order valence-corrected chi connectivity index (χ2v) is 7.82. The molecule has 8 heteroatoms. The molecule has 0 unspecified atom stereocenters. The summed E-state index contributed by atoms with van der Waals surface area (Å²) in [4.78, 5) is 31.5. The van der Waals surface area contributed by atoms with Gasteiger partial charge < -0.3 is 19.3 Å². The molecule has 34 heavy (non-hydrogen) atoms. The number of aliphatic hydroxyl groups excluding tert-OH is 1. The molecule has 1 amide bonds. The number of carbonyl (C=O) groups excluding carboxylic acids is 2. The fraction of sp³-hybridized carbons (Fsp3) is 0.192. The predicted molar refractivity (Wildman–Crippen MR) is 124 cm³/mol. The molecule has 4 rings (SSSR count). The number of carbonyl (C=O) groups is 2. The SMILES string of the molecule is C=CCOc1ccc(/C(O)=C2\C(=O)C(=O)N(CCCn3ccnc3)[C@H]2c2ccc(F)cc2)cc1. The van der Waals surface area contributed by atoms with Gasteiger partial charge >= 0.3 is 0 Å². The Morgan fingerprint density at radius 3 is 2.50 bits per heavy atom. The molecular weight excluding hydrogens is 437 g/mol. The molecule has 1 aliphatic rings. The quantitative estimate of drug-likeness (QED) is 0.225. The van der Waals surface area contributed by atoms with E-state index in [2.05, 4.69) is 11.6 Å². The van der Waals surface area contributed by atoms with Gasteiger partial charge in [0.2, 0.25) is 0 Å². The van der Waals surface area contributed by atoms with E-state index in [1.54, 1.807) is 42.9 Å². The topological polar surface area (TPSA) is 84.7 Å². The number of aryl methyl sites for hydroxylation is 1. The van der Waals surface area contributed by atoms with Gasteiger partial charge in [0.25, 0.3) is 11.7 Å². The number of hydrogen-bond acceptors (Lipinski definition) is 5. The molecule has 2 aromatic carbocycles. The Bertz CT molecular complexity index is 1200. The van der Waals surface area contributed by atoms with Crippen LogP contribution in [0.25, 0.3) is 5.76 Å². The van der Waals surface area contributed by atoms with E-state index in [9.17, 15) is 19.1 Å². The molecule has 0 radical (unpaired) electrons. The first-order valence-electron chi connectivity index (χ1n) is 10.8. The number of hydrogen-bond donors (Lipinski definition) is 1. The van der Waals surface area contributed by atoms with Crippen molar-refractivity contribution in [3.05, 3.63) is 102 Å². The van der Waals surface area contributed by atoms with E-state index in [-0.39, 0.29) is 17.9 Å². The second kappa shape index (κ2) is 10.2. The summed E-state index contributed by atoms with van der Waals surface area (Å²) in [5, 5.41) is 11.1. The van der Waals surface area contributed by atoms with Crippen LogP contribution in [-0.2, 0) is 16.1 Å². The van der Waals surface area contributed by atoms with Crippen molar-refractivity contribution in [2.75, 3.05) is 13.2 Å². The lowest BCUT2D eigenvalue weighted by Crippen LogP contribution is -2.31. The van der Waals surface area contributed by atoms with Gasteiger partial charge in [-0.15, -0.1) is 0 Å². The molecule has 1 aromatic heterocycles. The normalized spacial score (nSPS) is 17.2. The van der Waals surface area contributed by atoms with Crippen molar-refractivity contribution in [3.63, 3.8) is 0 Å². The number of halogens is 1. The van der Waals surface area contributed by atoms with Crippen LogP contribution in [0.15, 0.2) is 85.5 Å². The summed E-state index contributed by atoms with van der Waals surface area (Å²) in [6.45, 7) is 4.81. The second-order valence-electron chi connectivity index (χ2n) is 7.82. The van der Waals surface area contributed by atoms with Crippen LogP contribution < -0.4 is 4.74 Å². The molecule has 2 heterocycles. The van der Waals surface area contributed by atoms with Crippen LogP contribution in [0.3, 0.4) is 0 Å². The van der Waals surface area contributed by atoms with Gasteiger partial charge in [0.15, 0.2) is 0 Å². The van der Waals surface area contributed by atoms with E-state index < -0.39 is 23.5 Å². The van der Waals surface area contributed by atoms with Gasteiger partial charge in [0.05, 0.1) is 17.9 Å². The third-order valence-corrected chi connectivity index (χ3v) is 5.60. The number of amides is 1. The smallest absolute Gasteiger partial charge is 0.295 e. The largest absolute Gasteiger partial charge is 0.507 e. The standard InChI is InChI=1S/C26H24FN3O4/c1-2-16-34-21-10-6-19(7-11-21)24(31)22-23(18-4-8-20(27)9-5-18)30(26(33)25(22)32)14-3-13-29-15-12-28-17-29/h2,4-12,15,17,23,31H,1,3,13-14,16H2/b24-22+/t23-/m0/s1. The maximum absolute atomic E-state index is 13.6. The lowest BCUT2D eigenvalue weighted by Gasteiger charge is -2.25. The maximum Gasteiger partial charge on any atom is 0.295 e. The highest BCUT2D eigenvalue weighted by atomic mass is 19.1. The summed E-state index contributed by atoms with van der Waals surface area (Å²) in [5.74, 6) is -1.63. The summed E-state index contributed by atoms with van der Waals surface area (Å²) in [6.07, 6.45) is 7.34. The lowest BCUT2D eigenvalue weighted by molar-refractivity contribution is -0.139. The van der Waals surface area contributed by atoms with Gasteiger partial charge in [-0.3, -0.25) is 9.59 Å². The fourth-order valence-electron chi connectivity index (χ4n) is 3.96. The fourth-order valence-corrected chi connectivity index (χ4v) is 3.96. The number of benzene rings is 2. The van der Waals surface area contributed by atoms with Gasteiger partial charge in [-0.05, 0) is 48.4 Å². The molecule has 3 aromatic rings. The molecule has 1 aliphatic heterocycles. The summed E-state index contributed by atoms with van der Waals surface area (Å²) in [7, 11) is 0. The monoisotopic (exact) mass is 461 g/mol. The Balaban J connectivity index is 1.68. The van der Waals surface area contributed by atoms with E-state index >= 15 is 0 Å². The number of ether oxygens (including phenoxy) is 1. The number of Topliss-reactive ketones (excluding diaryl/α,β-unsaturated/α-hetero) is 1. The third-order valence-electron chi connectivity index (χ3n) is 5.60. The minimum atomic E-state index is -0.833. The van der Waals surface area contributed by atoms with E-state index in [4.69, 9.17) is 4.74 Å². The van der Waals surface area contributed by atoms with Crippen LogP contribution in [0.2, 0.25) is 0 Å². The van der Waals surface area contributed by atoms with E-state index in [1.165, 1.54) is 29.2 Å². The van der Waals surface area contributed by atoms with Crippen LogP contribution in [0.1, 0.15) is 23.6 Å². The van der Waals surface area contributed by atoms with E-state index in [1.807, 2.05) is 10.8 Å². The van der Waals surface area contributed by atoms with Gasteiger partial charge in [-0.2, -0.15) is 0 Å². The van der Waals surface area contributed by atoms with Crippen molar-refractivity contribution in [1.82, 2.24) is 14.5 Å². The number of nitrogens with zero attached hydrogens (tertiary/aromatic N) is 3. The summed E-state index contributed by atoms with van der Waals surface area (Å²) >= 11 is 0. The summed E-state index contributed by atoms with van der Waals surface area (Å²) in [6, 6.07) is 11.3. The van der Waals surface area contributed by atoms with Crippen LogP contribution in [0.4, 0.5) is 4.39 Å². The Hall–Kier alpha value is -4.20. The average molecular weight is 461 g/mol. The maximum atomic E-state index is 13.6. The number of aliphatic hydroxyl groups is 1. The van der Waals surface area contributed by atoms with Crippen molar-refractivity contribution in [3.8, 4) is 5.75 Å². The van der Waals surface area contributed by atoms with Gasteiger partial charge in [0.1, 0.15) is 23.9 Å². The van der Waals surface area contributed by atoms with Crippen molar-refractivity contribution in [1.29, 1.82) is 0 Å². The Labute approximate surface area is 196 Å². The Kier molecular flexibility index (Phi) is 6.87. The van der Waals surface area contributed by atoms with Crippen molar-refractivity contribution in [2.24, 2.45) is 0 Å². The zero-order chi connectivity index (χ0) is 24.1. The summed E-state index contributed by atoms with van der Waals surface area (Å²) < 4.78 is 20.9. The highest BCUT2D eigenvalue weighted by molar-refractivity contribution is 6.46. The van der Waals surface area contributed by atoms with Crippen molar-refractivity contribution < 1.29 is 23.8 Å². The molecule has 0 aliphatic carbocycles. The zero-order valence-electron chi connectivity index (χ0n) is 18.4. The summed E-state index contributed by atoms with van der Waals surface area (Å²) in [5.41, 5.74) is 0.879. The Morgan fingerprint density at radius 2 is 1.85 bits per heavy atom. The molecule has 1 atom stereocenters. The van der Waals surface area contributed by atoms with Crippen molar-refractivity contribution in [2.45, 2.75) is 19.0 Å². The van der Waals surface area contributed by atoms with E-state index in [0.717, 1.165) is 0 Å². The van der Waals surface area contributed by atoms with Crippen LogP contribution in [-0.4, -0.2) is 44.4 Å². The molecule has 1 saturated heterocycles.